The quantitative estimate of drug-likeness (QED) is 0.860. The lowest BCUT2D eigenvalue weighted by Gasteiger charge is -2.27. The van der Waals surface area contributed by atoms with Crippen LogP contribution >= 0.6 is 0 Å². The van der Waals surface area contributed by atoms with Gasteiger partial charge < -0.3 is 9.22 Å². The number of rotatable bonds is 5. The molecular formula is C18H24O2Si. The molecule has 2 nitrogen and oxygen atoms in total. The molecule has 0 fully saturated rings. The molecule has 21 heavy (non-hydrogen) atoms. The van der Waals surface area contributed by atoms with E-state index in [0.29, 0.717) is 6.61 Å². The van der Waals surface area contributed by atoms with Gasteiger partial charge in [-0.25, -0.2) is 0 Å². The highest BCUT2D eigenvalue weighted by Gasteiger charge is 2.38. The minimum Gasteiger partial charge on any atom is -0.404 e. The maximum absolute atomic E-state index is 11.3. The summed E-state index contributed by atoms with van der Waals surface area (Å²) in [6.07, 6.45) is 0.919. The lowest BCUT2D eigenvalue weighted by atomic mass is 9.93. The Hall–Kier alpha value is -1.42. The third-order valence-corrected chi connectivity index (χ3v) is 6.35. The molecule has 0 aliphatic rings. The van der Waals surface area contributed by atoms with Crippen molar-refractivity contribution in [3.05, 3.63) is 60.7 Å². The first-order chi connectivity index (χ1) is 9.92. The summed E-state index contributed by atoms with van der Waals surface area (Å²) in [5.41, 5.74) is 0.197. The van der Waals surface area contributed by atoms with Gasteiger partial charge in [0.15, 0.2) is 0 Å². The Morgan fingerprint density at radius 1 is 0.857 bits per heavy atom. The van der Waals surface area contributed by atoms with Gasteiger partial charge in [-0.15, -0.1) is 0 Å². The minimum atomic E-state index is -3.10. The van der Waals surface area contributed by atoms with Crippen molar-refractivity contribution in [3.8, 4) is 0 Å². The van der Waals surface area contributed by atoms with Gasteiger partial charge in [0.05, 0.1) is 0 Å². The molecular weight excluding hydrogens is 276 g/mol. The Balaban J connectivity index is 2.27. The molecule has 0 atom stereocenters. The topological polar surface area (TPSA) is 29.5 Å². The molecule has 0 aromatic heterocycles. The van der Waals surface area contributed by atoms with Gasteiger partial charge in [0.25, 0.3) is 0 Å². The van der Waals surface area contributed by atoms with E-state index in [0.717, 1.165) is 16.8 Å². The van der Waals surface area contributed by atoms with E-state index >= 15 is 0 Å². The first-order valence-corrected chi connectivity index (χ1v) is 9.25. The van der Waals surface area contributed by atoms with Gasteiger partial charge in [-0.05, 0) is 22.2 Å². The summed E-state index contributed by atoms with van der Waals surface area (Å²) in [6.45, 7) is 7.11. The van der Waals surface area contributed by atoms with Crippen LogP contribution in [0, 0.1) is 5.41 Å². The van der Waals surface area contributed by atoms with E-state index in [2.05, 4.69) is 20.8 Å². The van der Waals surface area contributed by atoms with E-state index < -0.39 is 8.56 Å². The predicted octanol–water partition coefficient (Wildman–Crippen LogP) is 2.69. The Bertz CT molecular complexity index is 507. The molecule has 112 valence electrons. The van der Waals surface area contributed by atoms with Crippen molar-refractivity contribution in [1.82, 2.24) is 0 Å². The number of benzene rings is 2. The van der Waals surface area contributed by atoms with Crippen molar-refractivity contribution >= 4 is 18.9 Å². The second-order valence-electron chi connectivity index (χ2n) is 6.54. The summed E-state index contributed by atoms with van der Waals surface area (Å²) < 4.78 is 6.07. The second-order valence-corrected chi connectivity index (χ2v) is 9.27. The Kier molecular flexibility index (Phi) is 4.98. The van der Waals surface area contributed by atoms with Crippen LogP contribution in [0.25, 0.3) is 0 Å². The lowest BCUT2D eigenvalue weighted by Crippen LogP contribution is -2.61. The Morgan fingerprint density at radius 3 is 1.67 bits per heavy atom. The van der Waals surface area contributed by atoms with Gasteiger partial charge in [-0.3, -0.25) is 0 Å². The highest BCUT2D eigenvalue weighted by Crippen LogP contribution is 2.19. The molecule has 0 heterocycles. The van der Waals surface area contributed by atoms with Crippen LogP contribution in [0.15, 0.2) is 60.7 Å². The fourth-order valence-corrected chi connectivity index (χ4v) is 4.52. The minimum absolute atomic E-state index is 0.197. The maximum atomic E-state index is 11.3. The number of hydrogen-bond donors (Lipinski definition) is 1. The largest absolute Gasteiger partial charge is 0.404 e. The van der Waals surface area contributed by atoms with Crippen LogP contribution in [0.3, 0.4) is 0 Å². The van der Waals surface area contributed by atoms with Gasteiger partial charge in [0, 0.05) is 6.61 Å². The highest BCUT2D eigenvalue weighted by molar-refractivity contribution is 6.91. The first kappa shape index (κ1) is 16.0. The standard InChI is InChI=1S/C18H24O2Si/c1-18(2,3)14-15-20-21(19,16-10-6-4-7-11-16)17-12-8-5-9-13-17/h4-13,19H,14-15H2,1-3H3. The molecule has 0 aliphatic heterocycles. The molecule has 2 aromatic rings. The maximum Gasteiger partial charge on any atom is 0.404 e. The SMILES string of the molecule is CC(C)(C)CCO[Si](O)(c1ccccc1)c1ccccc1. The van der Waals surface area contributed by atoms with Gasteiger partial charge in [0.2, 0.25) is 0 Å². The van der Waals surface area contributed by atoms with Gasteiger partial charge >= 0.3 is 8.56 Å². The highest BCUT2D eigenvalue weighted by atomic mass is 28.4. The molecule has 0 spiro atoms. The molecule has 2 aromatic carbocycles. The Labute approximate surface area is 128 Å². The van der Waals surface area contributed by atoms with E-state index in [1.807, 2.05) is 60.7 Å². The van der Waals surface area contributed by atoms with Crippen LogP contribution in [0.1, 0.15) is 27.2 Å². The molecule has 0 aliphatic carbocycles. The van der Waals surface area contributed by atoms with Crippen molar-refractivity contribution in [2.45, 2.75) is 27.2 Å². The zero-order chi connectivity index (χ0) is 15.3. The van der Waals surface area contributed by atoms with Crippen molar-refractivity contribution in [3.63, 3.8) is 0 Å². The second kappa shape index (κ2) is 6.56. The average Bonchev–Trinajstić information content (AvgIpc) is 2.47. The van der Waals surface area contributed by atoms with Crippen LogP contribution in [-0.4, -0.2) is 20.0 Å². The van der Waals surface area contributed by atoms with E-state index in [4.69, 9.17) is 4.43 Å². The van der Waals surface area contributed by atoms with E-state index in [-0.39, 0.29) is 5.41 Å². The van der Waals surface area contributed by atoms with Crippen LogP contribution in [0.2, 0.25) is 0 Å². The molecule has 3 heteroatoms. The third-order valence-electron chi connectivity index (χ3n) is 3.49. The summed E-state index contributed by atoms with van der Waals surface area (Å²) in [7, 11) is -3.10. The van der Waals surface area contributed by atoms with E-state index in [9.17, 15) is 4.80 Å². The van der Waals surface area contributed by atoms with Crippen molar-refractivity contribution in [2.24, 2.45) is 5.41 Å². The zero-order valence-corrected chi connectivity index (χ0v) is 14.0. The molecule has 0 saturated heterocycles. The monoisotopic (exact) mass is 300 g/mol. The smallest absolute Gasteiger partial charge is 0.404 e. The fraction of sp³-hybridized carbons (Fsp3) is 0.333. The summed E-state index contributed by atoms with van der Waals surface area (Å²) in [6, 6.07) is 19.5. The predicted molar refractivity (Wildman–Crippen MR) is 90.1 cm³/mol. The van der Waals surface area contributed by atoms with Crippen LogP contribution in [0.5, 0.6) is 0 Å². The molecule has 2 rings (SSSR count). The molecule has 0 amide bonds. The first-order valence-electron chi connectivity index (χ1n) is 7.39. The fourth-order valence-electron chi connectivity index (χ4n) is 2.17. The van der Waals surface area contributed by atoms with Crippen molar-refractivity contribution in [2.75, 3.05) is 6.61 Å². The van der Waals surface area contributed by atoms with Crippen molar-refractivity contribution < 1.29 is 9.22 Å². The van der Waals surface area contributed by atoms with E-state index in [1.54, 1.807) is 0 Å². The van der Waals surface area contributed by atoms with Crippen molar-refractivity contribution in [1.29, 1.82) is 0 Å². The zero-order valence-electron chi connectivity index (χ0n) is 13.0. The van der Waals surface area contributed by atoms with Crippen LogP contribution < -0.4 is 10.4 Å². The molecule has 0 saturated carbocycles. The summed E-state index contributed by atoms with van der Waals surface area (Å²) in [4.78, 5) is 11.3. The Morgan fingerprint density at radius 2 is 1.29 bits per heavy atom. The van der Waals surface area contributed by atoms with E-state index in [1.165, 1.54) is 0 Å². The summed E-state index contributed by atoms with van der Waals surface area (Å²) >= 11 is 0. The van der Waals surface area contributed by atoms with Crippen LogP contribution in [0.4, 0.5) is 0 Å². The molecule has 0 unspecified atom stereocenters. The molecule has 0 radical (unpaired) electrons. The molecule has 1 N–H and O–H groups in total. The van der Waals surface area contributed by atoms with Gasteiger partial charge in [-0.1, -0.05) is 81.4 Å². The number of hydrogen-bond acceptors (Lipinski definition) is 2. The van der Waals surface area contributed by atoms with Gasteiger partial charge in [-0.2, -0.15) is 0 Å². The van der Waals surface area contributed by atoms with Crippen LogP contribution in [-0.2, 0) is 4.43 Å². The lowest BCUT2D eigenvalue weighted by molar-refractivity contribution is 0.207. The third kappa shape index (κ3) is 4.27. The summed E-state index contributed by atoms with van der Waals surface area (Å²) in [5.74, 6) is 0. The average molecular weight is 300 g/mol. The normalized spacial score (nSPS) is 12.4. The molecule has 0 bridgehead atoms. The van der Waals surface area contributed by atoms with Gasteiger partial charge in [0.1, 0.15) is 0 Å². The summed E-state index contributed by atoms with van der Waals surface area (Å²) in [5, 5.41) is 1.79.